The molecule has 7 heteroatoms. The number of urea groups is 1. The molecule has 0 spiro atoms. The summed E-state index contributed by atoms with van der Waals surface area (Å²) in [6.45, 7) is 0. The second-order valence-corrected chi connectivity index (χ2v) is 8.24. The van der Waals surface area contributed by atoms with Gasteiger partial charge < -0.3 is 10.0 Å². The molecule has 1 heterocycles. The largest absolute Gasteiger partial charge is 0.481 e. The van der Waals surface area contributed by atoms with Crippen LogP contribution in [0.2, 0.25) is 0 Å². The van der Waals surface area contributed by atoms with Gasteiger partial charge in [0.25, 0.3) is 0 Å². The van der Waals surface area contributed by atoms with Crippen LogP contribution in [0.4, 0.5) is 9.93 Å². The third-order valence-corrected chi connectivity index (χ3v) is 6.18. The van der Waals surface area contributed by atoms with Crippen molar-refractivity contribution in [2.24, 2.45) is 0 Å². The highest BCUT2D eigenvalue weighted by Crippen LogP contribution is 2.31. The van der Waals surface area contributed by atoms with E-state index in [4.69, 9.17) is 5.11 Å². The lowest BCUT2D eigenvalue weighted by Crippen LogP contribution is -2.50. The molecular formula is C18H27N3O3S. The highest BCUT2D eigenvalue weighted by molar-refractivity contribution is 7.15. The Balaban J connectivity index is 1.69. The van der Waals surface area contributed by atoms with Crippen LogP contribution in [0.3, 0.4) is 0 Å². The molecule has 2 saturated carbocycles. The zero-order chi connectivity index (χ0) is 17.6. The Bertz CT molecular complexity index is 574. The van der Waals surface area contributed by atoms with Gasteiger partial charge in [-0.25, -0.2) is 9.78 Å². The van der Waals surface area contributed by atoms with Crippen LogP contribution in [0, 0.1) is 0 Å². The van der Waals surface area contributed by atoms with E-state index in [9.17, 15) is 9.59 Å². The zero-order valence-electron chi connectivity index (χ0n) is 14.6. The normalized spacial score (nSPS) is 19.5. The third kappa shape index (κ3) is 4.93. The maximum Gasteiger partial charge on any atom is 0.324 e. The summed E-state index contributed by atoms with van der Waals surface area (Å²) in [6, 6.07) is 0.598. The Hall–Kier alpha value is -1.63. The second-order valence-electron chi connectivity index (χ2n) is 7.12. The van der Waals surface area contributed by atoms with E-state index >= 15 is 0 Å². The molecule has 0 atom stereocenters. The highest BCUT2D eigenvalue weighted by Gasteiger charge is 2.32. The number of carboxylic acid groups (broad SMARTS) is 1. The van der Waals surface area contributed by atoms with Crippen LogP contribution in [0.25, 0.3) is 0 Å². The molecule has 3 rings (SSSR count). The molecule has 138 valence electrons. The van der Waals surface area contributed by atoms with Crippen molar-refractivity contribution in [3.63, 3.8) is 0 Å². The van der Waals surface area contributed by atoms with E-state index in [1.165, 1.54) is 49.9 Å². The number of nitrogens with zero attached hydrogens (tertiary/aromatic N) is 2. The molecular weight excluding hydrogens is 338 g/mol. The number of anilines is 1. The van der Waals surface area contributed by atoms with Crippen molar-refractivity contribution in [1.82, 2.24) is 9.88 Å². The van der Waals surface area contributed by atoms with Gasteiger partial charge in [0.1, 0.15) is 0 Å². The summed E-state index contributed by atoms with van der Waals surface area (Å²) in [5.41, 5.74) is 0. The summed E-state index contributed by atoms with van der Waals surface area (Å²) in [7, 11) is 0. The Labute approximate surface area is 152 Å². The molecule has 2 N–H and O–H groups in total. The van der Waals surface area contributed by atoms with E-state index in [2.05, 4.69) is 15.2 Å². The van der Waals surface area contributed by atoms with E-state index in [0.29, 0.717) is 22.1 Å². The van der Waals surface area contributed by atoms with Crippen molar-refractivity contribution in [2.45, 2.75) is 82.7 Å². The Kier molecular flexibility index (Phi) is 6.29. The summed E-state index contributed by atoms with van der Waals surface area (Å²) in [4.78, 5) is 30.7. The van der Waals surface area contributed by atoms with Crippen molar-refractivity contribution in [2.75, 3.05) is 5.32 Å². The number of carboxylic acids is 1. The SMILES string of the molecule is O=C(O)Cc1cnc(NC(=O)N(C2CCCCC2)C2CCCCC2)s1. The van der Waals surface area contributed by atoms with Gasteiger partial charge in [0.2, 0.25) is 0 Å². The first-order chi connectivity index (χ1) is 12.1. The molecule has 1 aromatic heterocycles. The fourth-order valence-corrected chi connectivity index (χ4v) is 4.89. The monoisotopic (exact) mass is 365 g/mol. The predicted octanol–water partition coefficient (Wildman–Crippen LogP) is 4.27. The van der Waals surface area contributed by atoms with E-state index in [1.54, 1.807) is 6.20 Å². The highest BCUT2D eigenvalue weighted by atomic mass is 32.1. The van der Waals surface area contributed by atoms with Gasteiger partial charge in [-0.05, 0) is 25.7 Å². The number of amides is 2. The molecule has 25 heavy (non-hydrogen) atoms. The molecule has 0 saturated heterocycles. The van der Waals surface area contributed by atoms with E-state index in [1.807, 2.05) is 0 Å². The third-order valence-electron chi connectivity index (χ3n) is 5.26. The molecule has 2 fully saturated rings. The fourth-order valence-electron chi connectivity index (χ4n) is 4.10. The molecule has 0 radical (unpaired) electrons. The van der Waals surface area contributed by atoms with Crippen LogP contribution in [-0.2, 0) is 11.2 Å². The summed E-state index contributed by atoms with van der Waals surface area (Å²) >= 11 is 1.25. The molecule has 2 aliphatic carbocycles. The molecule has 0 aliphatic heterocycles. The first-order valence-corrected chi connectivity index (χ1v) is 10.2. The molecule has 2 aliphatic rings. The van der Waals surface area contributed by atoms with Gasteiger partial charge in [-0.15, -0.1) is 11.3 Å². The fraction of sp³-hybridized carbons (Fsp3) is 0.722. The number of aromatic nitrogens is 1. The zero-order valence-corrected chi connectivity index (χ0v) is 15.4. The van der Waals surface area contributed by atoms with E-state index < -0.39 is 5.97 Å². The minimum Gasteiger partial charge on any atom is -0.481 e. The number of thiazole rings is 1. The van der Waals surface area contributed by atoms with Crippen LogP contribution < -0.4 is 5.32 Å². The Morgan fingerprint density at radius 1 is 1.08 bits per heavy atom. The number of carbonyl (C=O) groups is 2. The van der Waals surface area contributed by atoms with E-state index in [0.717, 1.165) is 25.7 Å². The van der Waals surface area contributed by atoms with Crippen molar-refractivity contribution in [1.29, 1.82) is 0 Å². The van der Waals surface area contributed by atoms with Crippen molar-refractivity contribution in [3.05, 3.63) is 11.1 Å². The van der Waals surface area contributed by atoms with Crippen LogP contribution in [-0.4, -0.2) is 39.1 Å². The van der Waals surface area contributed by atoms with Crippen molar-refractivity contribution in [3.8, 4) is 0 Å². The quantitative estimate of drug-likeness (QED) is 0.816. The van der Waals surface area contributed by atoms with Crippen LogP contribution in [0.15, 0.2) is 6.20 Å². The summed E-state index contributed by atoms with van der Waals surface area (Å²) < 4.78 is 0. The number of carbonyl (C=O) groups excluding carboxylic acids is 1. The van der Waals surface area contributed by atoms with Gasteiger partial charge in [0.05, 0.1) is 6.42 Å². The average Bonchev–Trinajstić information content (AvgIpc) is 3.03. The molecule has 0 aromatic carbocycles. The number of rotatable bonds is 5. The maximum atomic E-state index is 13.0. The lowest BCUT2D eigenvalue weighted by atomic mass is 9.89. The van der Waals surface area contributed by atoms with Gasteiger partial charge in [0, 0.05) is 23.2 Å². The van der Waals surface area contributed by atoms with Gasteiger partial charge >= 0.3 is 12.0 Å². The van der Waals surface area contributed by atoms with Crippen molar-refractivity contribution >= 4 is 28.5 Å². The lowest BCUT2D eigenvalue weighted by molar-refractivity contribution is -0.136. The summed E-state index contributed by atoms with van der Waals surface area (Å²) in [5, 5.41) is 12.3. The number of hydrogen-bond donors (Lipinski definition) is 2. The van der Waals surface area contributed by atoms with E-state index in [-0.39, 0.29) is 12.5 Å². The standard InChI is InChI=1S/C18H27N3O3S/c22-16(23)11-15-12-19-17(25-15)20-18(24)21(13-7-3-1-4-8-13)14-9-5-2-6-10-14/h12-14H,1-11H2,(H,22,23)(H,19,20,24). The molecule has 2 amide bonds. The molecule has 0 bridgehead atoms. The number of aliphatic carboxylic acids is 1. The molecule has 0 unspecified atom stereocenters. The van der Waals surface area contributed by atoms with Gasteiger partial charge in [-0.2, -0.15) is 0 Å². The minimum absolute atomic E-state index is 0.0531. The van der Waals surface area contributed by atoms with Crippen LogP contribution >= 0.6 is 11.3 Å². The predicted molar refractivity (Wildman–Crippen MR) is 98.1 cm³/mol. The first-order valence-electron chi connectivity index (χ1n) is 9.39. The number of hydrogen-bond acceptors (Lipinski definition) is 4. The van der Waals surface area contributed by atoms with Crippen molar-refractivity contribution < 1.29 is 14.7 Å². The van der Waals surface area contributed by atoms with Gasteiger partial charge in [-0.1, -0.05) is 38.5 Å². The number of nitrogens with one attached hydrogen (secondary N) is 1. The molecule has 1 aromatic rings. The smallest absolute Gasteiger partial charge is 0.324 e. The minimum atomic E-state index is -0.882. The Morgan fingerprint density at radius 3 is 2.16 bits per heavy atom. The Morgan fingerprint density at radius 2 is 1.64 bits per heavy atom. The van der Waals surface area contributed by atoms with Gasteiger partial charge in [-0.3, -0.25) is 10.1 Å². The first kappa shape index (κ1) is 18.2. The van der Waals surface area contributed by atoms with Gasteiger partial charge in [0.15, 0.2) is 5.13 Å². The lowest BCUT2D eigenvalue weighted by Gasteiger charge is -2.41. The summed E-state index contributed by atoms with van der Waals surface area (Å²) in [5.74, 6) is -0.882. The van der Waals surface area contributed by atoms with Crippen LogP contribution in [0.5, 0.6) is 0 Å². The average molecular weight is 365 g/mol. The molecule has 6 nitrogen and oxygen atoms in total. The topological polar surface area (TPSA) is 82.5 Å². The summed E-state index contributed by atoms with van der Waals surface area (Å²) in [6.07, 6.45) is 13.2. The van der Waals surface area contributed by atoms with Crippen LogP contribution in [0.1, 0.15) is 69.1 Å². The maximum absolute atomic E-state index is 13.0. The second kappa shape index (κ2) is 8.65.